The zero-order valence-electron chi connectivity index (χ0n) is 26.8. The fourth-order valence-electron chi connectivity index (χ4n) is 4.78. The smallest absolute Gasteiger partial charge is 0.251 e. The van der Waals surface area contributed by atoms with Crippen LogP contribution in [0.25, 0.3) is 17.1 Å². The highest BCUT2D eigenvalue weighted by Gasteiger charge is 2.20. The minimum atomic E-state index is -0.469. The number of imidazole rings is 1. The molecule has 4 amide bonds. The minimum Gasteiger partial charge on any atom is -0.486 e. The number of amides is 4. The quantitative estimate of drug-likeness (QED) is 0.127. The molecule has 0 radical (unpaired) electrons. The Morgan fingerprint density at radius 2 is 1.79 bits per heavy atom. The molecule has 4 aromatic rings. The highest BCUT2D eigenvalue weighted by Crippen LogP contribution is 2.35. The first-order valence-electron chi connectivity index (χ1n) is 15.1. The van der Waals surface area contributed by atoms with E-state index in [0.29, 0.717) is 51.6 Å². The van der Waals surface area contributed by atoms with E-state index < -0.39 is 11.8 Å². The lowest BCUT2D eigenvalue weighted by Crippen LogP contribution is -2.37. The van der Waals surface area contributed by atoms with Crippen molar-refractivity contribution in [3.05, 3.63) is 106 Å². The van der Waals surface area contributed by atoms with Gasteiger partial charge in [0, 0.05) is 49.3 Å². The molecule has 0 spiro atoms. The molecule has 0 aliphatic rings. The van der Waals surface area contributed by atoms with Gasteiger partial charge in [-0.3, -0.25) is 19.2 Å². The van der Waals surface area contributed by atoms with Gasteiger partial charge >= 0.3 is 0 Å². The highest BCUT2D eigenvalue weighted by molar-refractivity contribution is 6.38. The number of aromatic nitrogens is 2. The van der Waals surface area contributed by atoms with Gasteiger partial charge in [0.2, 0.25) is 17.7 Å². The molecule has 13 heteroatoms. The number of hydrogen-bond donors (Lipinski definition) is 3. The Hall–Kier alpha value is -5.13. The van der Waals surface area contributed by atoms with E-state index in [4.69, 9.17) is 32.9 Å². The van der Waals surface area contributed by atoms with Crippen molar-refractivity contribution in [3.63, 3.8) is 0 Å². The number of carbonyl (C=O) groups is 4. The molecular formula is C35H36Cl2N6O5. The second-order valence-electron chi connectivity index (χ2n) is 10.5. The fraction of sp³-hybridized carbons (Fsp3) is 0.229. The van der Waals surface area contributed by atoms with Gasteiger partial charge in [-0.2, -0.15) is 0 Å². The van der Waals surface area contributed by atoms with E-state index in [1.165, 1.54) is 11.0 Å². The van der Waals surface area contributed by atoms with Crippen LogP contribution in [0.1, 0.15) is 34.2 Å². The van der Waals surface area contributed by atoms with E-state index >= 15 is 0 Å². The molecule has 11 nitrogen and oxygen atoms in total. The first kappa shape index (κ1) is 35.7. The third-order valence-electron chi connectivity index (χ3n) is 7.40. The van der Waals surface area contributed by atoms with Crippen molar-refractivity contribution >= 4 is 69.6 Å². The fourth-order valence-corrected chi connectivity index (χ4v) is 5.39. The molecular weight excluding hydrogens is 655 g/mol. The number of para-hydroxylation sites is 1. The minimum absolute atomic E-state index is 0.0214. The number of benzene rings is 3. The maximum Gasteiger partial charge on any atom is 0.251 e. The zero-order valence-corrected chi connectivity index (χ0v) is 28.3. The first-order chi connectivity index (χ1) is 23.1. The van der Waals surface area contributed by atoms with Crippen LogP contribution in [0.2, 0.25) is 10.0 Å². The van der Waals surface area contributed by atoms with Gasteiger partial charge in [0.1, 0.15) is 30.2 Å². The summed E-state index contributed by atoms with van der Waals surface area (Å²) in [6.45, 7) is 5.75. The first-order valence-corrected chi connectivity index (χ1v) is 15.8. The van der Waals surface area contributed by atoms with Gasteiger partial charge in [0.05, 0.1) is 22.8 Å². The molecule has 48 heavy (non-hydrogen) atoms. The molecule has 250 valence electrons. The third-order valence-corrected chi connectivity index (χ3v) is 8.17. The number of aryl methyl sites for hydroxylation is 1. The van der Waals surface area contributed by atoms with Gasteiger partial charge in [0.25, 0.3) is 5.91 Å². The van der Waals surface area contributed by atoms with Crippen LogP contribution in [0.15, 0.2) is 73.3 Å². The molecule has 0 fully saturated rings. The molecule has 3 aromatic carbocycles. The number of rotatable bonds is 14. The molecule has 1 heterocycles. The molecule has 1 aromatic heterocycles. The summed E-state index contributed by atoms with van der Waals surface area (Å²) in [5, 5.41) is 8.47. The van der Waals surface area contributed by atoms with Crippen molar-refractivity contribution in [2.45, 2.75) is 26.5 Å². The highest BCUT2D eigenvalue weighted by atomic mass is 35.5. The van der Waals surface area contributed by atoms with Gasteiger partial charge < -0.3 is 30.2 Å². The number of hydrogen-bond acceptors (Lipinski definition) is 6. The summed E-state index contributed by atoms with van der Waals surface area (Å²) in [5.41, 5.74) is 3.39. The standard InChI is InChI=1S/C35H36Cl2N6O5/c1-5-18-39-31(45)20-43-27-8-7-9-28(34(27)41-29(43)6-2)48-21-24-25(36)15-16-26(33(24)37)42(4)32(46)19-40-30(44)17-12-22-10-13-23(14-11-22)35(47)38-3/h5,7-17H,1,6,18-21H2,2-4H3,(H,38,47)(H,39,45)(H,40,44). The lowest BCUT2D eigenvalue weighted by atomic mass is 10.1. The van der Waals surface area contributed by atoms with E-state index in [-0.39, 0.29) is 36.5 Å². The summed E-state index contributed by atoms with van der Waals surface area (Å²) >= 11 is 13.3. The van der Waals surface area contributed by atoms with Crippen molar-refractivity contribution in [1.82, 2.24) is 25.5 Å². The number of ether oxygens (including phenoxy) is 1. The molecule has 0 saturated heterocycles. The summed E-state index contributed by atoms with van der Waals surface area (Å²) < 4.78 is 8.01. The van der Waals surface area contributed by atoms with Crippen LogP contribution in [0.5, 0.6) is 5.75 Å². The van der Waals surface area contributed by atoms with Crippen LogP contribution in [0.4, 0.5) is 5.69 Å². The van der Waals surface area contributed by atoms with E-state index in [0.717, 1.165) is 11.3 Å². The van der Waals surface area contributed by atoms with Gasteiger partial charge in [-0.05, 0) is 48.0 Å². The SMILES string of the molecule is C=CCNC(=O)Cn1c(CC)nc2c(OCc3c(Cl)ccc(N(C)C(=O)CNC(=O)C=Cc4ccc(C(=O)NC)cc4)c3Cl)cccc21. The Morgan fingerprint density at radius 1 is 1.04 bits per heavy atom. The summed E-state index contributed by atoms with van der Waals surface area (Å²) in [6.07, 6.45) is 5.10. The maximum absolute atomic E-state index is 13.0. The Balaban J connectivity index is 1.42. The number of likely N-dealkylation sites (N-methyl/N-ethyl adjacent to an activating group) is 1. The number of fused-ring (bicyclic) bond motifs is 1. The number of nitrogens with zero attached hydrogens (tertiary/aromatic N) is 3. The van der Waals surface area contributed by atoms with Crippen LogP contribution in [-0.2, 0) is 34.0 Å². The van der Waals surface area contributed by atoms with Crippen molar-refractivity contribution < 1.29 is 23.9 Å². The van der Waals surface area contributed by atoms with Crippen LogP contribution in [-0.4, -0.2) is 60.4 Å². The molecule has 0 bridgehead atoms. The second-order valence-corrected chi connectivity index (χ2v) is 11.3. The Morgan fingerprint density at radius 3 is 2.48 bits per heavy atom. The predicted molar refractivity (Wildman–Crippen MR) is 188 cm³/mol. The molecule has 0 saturated carbocycles. The van der Waals surface area contributed by atoms with E-state index in [2.05, 4.69) is 22.5 Å². The second kappa shape index (κ2) is 16.6. The Bertz CT molecular complexity index is 1870. The predicted octanol–water partition coefficient (Wildman–Crippen LogP) is 4.94. The van der Waals surface area contributed by atoms with Crippen molar-refractivity contribution in [1.29, 1.82) is 0 Å². The Labute approximate surface area is 288 Å². The number of nitrogens with one attached hydrogen (secondary N) is 3. The summed E-state index contributed by atoms with van der Waals surface area (Å²) in [6, 6.07) is 15.4. The lowest BCUT2D eigenvalue weighted by molar-refractivity contribution is -0.122. The largest absolute Gasteiger partial charge is 0.486 e. The zero-order chi connectivity index (χ0) is 34.8. The van der Waals surface area contributed by atoms with Crippen LogP contribution >= 0.6 is 23.2 Å². The normalized spacial score (nSPS) is 10.9. The molecule has 0 aliphatic carbocycles. The monoisotopic (exact) mass is 690 g/mol. The maximum atomic E-state index is 13.0. The average Bonchev–Trinajstić information content (AvgIpc) is 3.45. The molecule has 0 unspecified atom stereocenters. The van der Waals surface area contributed by atoms with Crippen LogP contribution < -0.4 is 25.6 Å². The van der Waals surface area contributed by atoms with Gasteiger partial charge in [0.15, 0.2) is 0 Å². The molecule has 0 atom stereocenters. The Kier molecular flexibility index (Phi) is 12.4. The van der Waals surface area contributed by atoms with Gasteiger partial charge in [-0.15, -0.1) is 6.58 Å². The van der Waals surface area contributed by atoms with Gasteiger partial charge in [-0.1, -0.05) is 54.4 Å². The average molecular weight is 692 g/mol. The topological polar surface area (TPSA) is 135 Å². The summed E-state index contributed by atoms with van der Waals surface area (Å²) in [5.74, 6) is -0.0435. The molecule has 3 N–H and O–H groups in total. The molecule has 4 rings (SSSR count). The van der Waals surface area contributed by atoms with Crippen molar-refractivity contribution in [3.8, 4) is 5.75 Å². The van der Waals surface area contributed by atoms with Crippen molar-refractivity contribution in [2.24, 2.45) is 0 Å². The lowest BCUT2D eigenvalue weighted by Gasteiger charge is -2.21. The van der Waals surface area contributed by atoms with E-state index in [1.807, 2.05) is 23.6 Å². The van der Waals surface area contributed by atoms with Gasteiger partial charge in [-0.25, -0.2) is 4.98 Å². The van der Waals surface area contributed by atoms with E-state index in [9.17, 15) is 19.2 Å². The summed E-state index contributed by atoms with van der Waals surface area (Å²) in [4.78, 5) is 55.6. The van der Waals surface area contributed by atoms with Crippen molar-refractivity contribution in [2.75, 3.05) is 32.1 Å². The molecule has 0 aliphatic heterocycles. The number of carbonyl (C=O) groups excluding carboxylic acids is 4. The van der Waals surface area contributed by atoms with Crippen LogP contribution in [0.3, 0.4) is 0 Å². The number of halogens is 2. The number of anilines is 1. The summed E-state index contributed by atoms with van der Waals surface area (Å²) in [7, 11) is 3.09. The third kappa shape index (κ3) is 8.61. The van der Waals surface area contributed by atoms with E-state index in [1.54, 1.807) is 68.7 Å². The van der Waals surface area contributed by atoms with Crippen LogP contribution in [0, 0.1) is 0 Å².